The summed E-state index contributed by atoms with van der Waals surface area (Å²) in [7, 11) is 1.85. The summed E-state index contributed by atoms with van der Waals surface area (Å²) in [5.74, 6) is 7.13. The molecule has 0 fully saturated rings. The molecule has 0 spiro atoms. The molecule has 2 aromatic rings. The van der Waals surface area contributed by atoms with Crippen molar-refractivity contribution in [2.45, 2.75) is 19.4 Å². The number of nitrogens with two attached hydrogens (primary N) is 1. The number of aryl methyl sites for hydroxylation is 2. The van der Waals surface area contributed by atoms with E-state index in [9.17, 15) is 0 Å². The summed E-state index contributed by atoms with van der Waals surface area (Å²) in [5.41, 5.74) is 3.59. The van der Waals surface area contributed by atoms with Crippen molar-refractivity contribution in [1.29, 1.82) is 0 Å². The number of nitrogens with zero attached hydrogens (tertiary/aromatic N) is 5. The molecule has 0 saturated heterocycles. The van der Waals surface area contributed by atoms with E-state index in [0.29, 0.717) is 6.42 Å². The fourth-order valence-corrected chi connectivity index (χ4v) is 1.60. The van der Waals surface area contributed by atoms with Crippen LogP contribution in [0.5, 0.6) is 0 Å². The summed E-state index contributed by atoms with van der Waals surface area (Å²) in [6.45, 7) is 1.85. The fraction of sp³-hybridized carbons (Fsp3) is 0.400. The van der Waals surface area contributed by atoms with Crippen molar-refractivity contribution in [2.75, 3.05) is 0 Å². The Morgan fingerprint density at radius 1 is 1.47 bits per heavy atom. The third-order valence-corrected chi connectivity index (χ3v) is 2.55. The number of hydrogen-bond acceptors (Lipinski definition) is 6. The van der Waals surface area contributed by atoms with E-state index in [0.717, 1.165) is 17.3 Å². The lowest BCUT2D eigenvalue weighted by Crippen LogP contribution is -2.31. The molecule has 0 amide bonds. The maximum Gasteiger partial charge on any atom is 0.138 e. The van der Waals surface area contributed by atoms with E-state index < -0.39 is 0 Å². The van der Waals surface area contributed by atoms with Gasteiger partial charge in [0.05, 0.1) is 11.7 Å². The predicted molar refractivity (Wildman–Crippen MR) is 61.5 cm³/mol. The first-order valence-corrected chi connectivity index (χ1v) is 5.29. The molecule has 2 heterocycles. The van der Waals surface area contributed by atoms with E-state index in [1.54, 1.807) is 10.9 Å². The summed E-state index contributed by atoms with van der Waals surface area (Å²) in [4.78, 5) is 12.6. The van der Waals surface area contributed by atoms with Crippen molar-refractivity contribution in [3.63, 3.8) is 0 Å². The quantitative estimate of drug-likeness (QED) is 0.554. The van der Waals surface area contributed by atoms with Crippen LogP contribution in [-0.4, -0.2) is 24.7 Å². The van der Waals surface area contributed by atoms with Crippen molar-refractivity contribution < 1.29 is 0 Å². The molecule has 2 aromatic heterocycles. The van der Waals surface area contributed by atoms with E-state index in [4.69, 9.17) is 5.84 Å². The van der Waals surface area contributed by atoms with Gasteiger partial charge < -0.3 is 0 Å². The van der Waals surface area contributed by atoms with Crippen molar-refractivity contribution in [2.24, 2.45) is 12.9 Å². The molecule has 7 heteroatoms. The van der Waals surface area contributed by atoms with E-state index in [2.05, 4.69) is 25.5 Å². The lowest BCUT2D eigenvalue weighted by atomic mass is 10.1. The first-order valence-electron chi connectivity index (χ1n) is 5.29. The summed E-state index contributed by atoms with van der Waals surface area (Å²) in [6, 6.07) is 1.74. The van der Waals surface area contributed by atoms with Crippen LogP contribution >= 0.6 is 0 Å². The Balaban J connectivity index is 2.20. The van der Waals surface area contributed by atoms with Gasteiger partial charge >= 0.3 is 0 Å². The highest BCUT2D eigenvalue weighted by Crippen LogP contribution is 2.13. The molecule has 0 aromatic carbocycles. The van der Waals surface area contributed by atoms with Crippen molar-refractivity contribution in [3.8, 4) is 0 Å². The van der Waals surface area contributed by atoms with E-state index >= 15 is 0 Å². The molecule has 7 nitrogen and oxygen atoms in total. The SMILES string of the molecule is Cc1nccc(C(Cc2ncnn2C)NN)n1. The first kappa shape index (κ1) is 11.6. The highest BCUT2D eigenvalue weighted by Gasteiger charge is 2.15. The minimum absolute atomic E-state index is 0.0976. The molecule has 0 saturated carbocycles. The van der Waals surface area contributed by atoms with Gasteiger partial charge in [-0.15, -0.1) is 0 Å². The van der Waals surface area contributed by atoms with Crippen LogP contribution in [0.3, 0.4) is 0 Å². The normalized spacial score (nSPS) is 12.6. The highest BCUT2D eigenvalue weighted by atomic mass is 15.3. The van der Waals surface area contributed by atoms with Gasteiger partial charge in [0.1, 0.15) is 18.0 Å². The second kappa shape index (κ2) is 4.98. The third-order valence-electron chi connectivity index (χ3n) is 2.55. The monoisotopic (exact) mass is 233 g/mol. The summed E-state index contributed by atoms with van der Waals surface area (Å²) >= 11 is 0. The topological polar surface area (TPSA) is 94.5 Å². The van der Waals surface area contributed by atoms with E-state index in [1.807, 2.05) is 20.0 Å². The largest absolute Gasteiger partial charge is 0.271 e. The van der Waals surface area contributed by atoms with E-state index in [1.165, 1.54) is 6.33 Å². The van der Waals surface area contributed by atoms with Crippen LogP contribution in [0.2, 0.25) is 0 Å². The number of nitrogens with one attached hydrogen (secondary N) is 1. The van der Waals surface area contributed by atoms with Crippen LogP contribution in [0.15, 0.2) is 18.6 Å². The molecule has 0 aliphatic rings. The zero-order valence-electron chi connectivity index (χ0n) is 9.83. The lowest BCUT2D eigenvalue weighted by molar-refractivity contribution is 0.510. The summed E-state index contributed by atoms with van der Waals surface area (Å²) < 4.78 is 1.72. The second-order valence-corrected chi connectivity index (χ2v) is 3.75. The van der Waals surface area contributed by atoms with Gasteiger partial charge in [0.15, 0.2) is 0 Å². The molecule has 3 N–H and O–H groups in total. The summed E-state index contributed by atoms with van der Waals surface area (Å²) in [6.07, 6.45) is 3.87. The molecule has 0 aliphatic carbocycles. The van der Waals surface area contributed by atoms with Crippen LogP contribution in [0.1, 0.15) is 23.4 Å². The van der Waals surface area contributed by atoms with Gasteiger partial charge in [0.25, 0.3) is 0 Å². The number of hydrazine groups is 1. The molecule has 1 atom stereocenters. The lowest BCUT2D eigenvalue weighted by Gasteiger charge is -2.14. The van der Waals surface area contributed by atoms with Gasteiger partial charge in [-0.3, -0.25) is 16.0 Å². The molecular weight excluding hydrogens is 218 g/mol. The standard InChI is InChI=1S/C10H15N7/c1-7-12-4-3-8(15-7)9(16-11)5-10-13-6-14-17(10)2/h3-4,6,9,16H,5,11H2,1-2H3. The minimum atomic E-state index is -0.0976. The van der Waals surface area contributed by atoms with Crippen LogP contribution in [-0.2, 0) is 13.5 Å². The predicted octanol–water partition coefficient (Wildman–Crippen LogP) is -0.339. The molecule has 0 aliphatic heterocycles. The Labute approximate surface area is 99.1 Å². The zero-order valence-corrected chi connectivity index (χ0v) is 9.83. The first-order chi connectivity index (χ1) is 8.20. The molecule has 0 bridgehead atoms. The molecular formula is C10H15N7. The van der Waals surface area contributed by atoms with Gasteiger partial charge in [0, 0.05) is 19.7 Å². The number of hydrogen-bond donors (Lipinski definition) is 2. The Bertz CT molecular complexity index is 493. The van der Waals surface area contributed by atoms with Gasteiger partial charge in [-0.25, -0.2) is 15.0 Å². The average molecular weight is 233 g/mol. The molecule has 0 radical (unpaired) electrons. The molecule has 90 valence electrons. The van der Waals surface area contributed by atoms with E-state index in [-0.39, 0.29) is 6.04 Å². The van der Waals surface area contributed by atoms with Crippen LogP contribution in [0.4, 0.5) is 0 Å². The minimum Gasteiger partial charge on any atom is -0.271 e. The Morgan fingerprint density at radius 2 is 2.29 bits per heavy atom. The van der Waals surface area contributed by atoms with Crippen LogP contribution in [0.25, 0.3) is 0 Å². The maximum atomic E-state index is 5.55. The zero-order chi connectivity index (χ0) is 12.3. The van der Waals surface area contributed by atoms with Gasteiger partial charge in [-0.1, -0.05) is 0 Å². The molecule has 1 unspecified atom stereocenters. The van der Waals surface area contributed by atoms with Gasteiger partial charge in [-0.2, -0.15) is 5.10 Å². The highest BCUT2D eigenvalue weighted by molar-refractivity contribution is 5.09. The Kier molecular flexibility index (Phi) is 3.40. The maximum absolute atomic E-state index is 5.55. The fourth-order valence-electron chi connectivity index (χ4n) is 1.60. The van der Waals surface area contributed by atoms with Crippen LogP contribution < -0.4 is 11.3 Å². The van der Waals surface area contributed by atoms with Crippen molar-refractivity contribution >= 4 is 0 Å². The summed E-state index contributed by atoms with van der Waals surface area (Å²) in [5, 5.41) is 4.02. The average Bonchev–Trinajstić information content (AvgIpc) is 2.71. The number of rotatable bonds is 4. The Hall–Kier alpha value is -1.86. The third kappa shape index (κ3) is 2.63. The van der Waals surface area contributed by atoms with Crippen molar-refractivity contribution in [3.05, 3.63) is 35.9 Å². The van der Waals surface area contributed by atoms with Crippen LogP contribution in [0, 0.1) is 6.92 Å². The van der Waals surface area contributed by atoms with Gasteiger partial charge in [-0.05, 0) is 13.0 Å². The Morgan fingerprint density at radius 3 is 2.88 bits per heavy atom. The number of aromatic nitrogens is 5. The second-order valence-electron chi connectivity index (χ2n) is 3.75. The smallest absolute Gasteiger partial charge is 0.138 e. The molecule has 17 heavy (non-hydrogen) atoms. The molecule has 2 rings (SSSR count). The van der Waals surface area contributed by atoms with Gasteiger partial charge in [0.2, 0.25) is 0 Å². The van der Waals surface area contributed by atoms with Crippen molar-refractivity contribution in [1.82, 2.24) is 30.2 Å².